The van der Waals surface area contributed by atoms with E-state index in [2.05, 4.69) is 25.3 Å². The number of nitrogens with two attached hydrogens (primary N) is 1. The zero-order valence-electron chi connectivity index (χ0n) is 9.57. The van der Waals surface area contributed by atoms with Gasteiger partial charge in [0.2, 0.25) is 11.9 Å². The van der Waals surface area contributed by atoms with Gasteiger partial charge in [-0.05, 0) is 12.1 Å². The number of rotatable bonds is 2. The van der Waals surface area contributed by atoms with Crippen molar-refractivity contribution >= 4 is 40.3 Å². The summed E-state index contributed by atoms with van der Waals surface area (Å²) in [5, 5.41) is 3.52. The lowest BCUT2D eigenvalue weighted by atomic mass is 10.3. The smallest absolute Gasteiger partial charge is 0.278 e. The number of fused-ring (bicyclic) bond motifs is 1. The molecule has 0 atom stereocenters. The molecule has 3 rings (SSSR count). The van der Waals surface area contributed by atoms with Crippen molar-refractivity contribution in [1.29, 1.82) is 0 Å². The molecule has 0 saturated carbocycles. The van der Waals surface area contributed by atoms with Crippen LogP contribution in [0.2, 0.25) is 5.02 Å². The molecule has 2 heterocycles. The number of benzene rings is 1. The van der Waals surface area contributed by atoms with Crippen molar-refractivity contribution in [2.45, 2.75) is 0 Å². The van der Waals surface area contributed by atoms with E-state index in [4.69, 9.17) is 17.3 Å². The van der Waals surface area contributed by atoms with Gasteiger partial charge in [0, 0.05) is 0 Å². The lowest BCUT2D eigenvalue weighted by Crippen LogP contribution is -2.10. The number of hydrogen-bond acceptors (Lipinski definition) is 5. The Morgan fingerprint density at radius 2 is 2.00 bits per heavy atom. The lowest BCUT2D eigenvalue weighted by molar-refractivity contribution is 1.17. The normalized spacial score (nSPS) is 10.8. The number of nitrogens with zero attached hydrogens (tertiary/aromatic N) is 2. The Bertz CT molecular complexity index is 808. The molecule has 0 aliphatic heterocycles. The van der Waals surface area contributed by atoms with Gasteiger partial charge in [-0.2, -0.15) is 9.97 Å². The molecule has 0 saturated heterocycles. The molecule has 0 bridgehead atoms. The number of nitrogens with one attached hydrogen (secondary N) is 3. The summed E-state index contributed by atoms with van der Waals surface area (Å²) < 4.78 is 0. The highest BCUT2D eigenvalue weighted by Gasteiger charge is 2.09. The SMILES string of the molecule is Nc1nc2nc(Nc3ccccc3Cl)[nH]c2c(=O)[nH]1. The van der Waals surface area contributed by atoms with Crippen LogP contribution in [0.3, 0.4) is 0 Å². The van der Waals surface area contributed by atoms with Crippen LogP contribution in [0.5, 0.6) is 0 Å². The van der Waals surface area contributed by atoms with Crippen LogP contribution in [0.25, 0.3) is 11.2 Å². The molecule has 96 valence electrons. The molecule has 2 aromatic heterocycles. The van der Waals surface area contributed by atoms with Crippen LogP contribution >= 0.6 is 11.6 Å². The van der Waals surface area contributed by atoms with E-state index >= 15 is 0 Å². The Labute approximate surface area is 111 Å². The van der Waals surface area contributed by atoms with Crippen molar-refractivity contribution < 1.29 is 0 Å². The fraction of sp³-hybridized carbons (Fsp3) is 0. The Balaban J connectivity index is 2.05. The van der Waals surface area contributed by atoms with Gasteiger partial charge >= 0.3 is 0 Å². The predicted molar refractivity (Wildman–Crippen MR) is 73.7 cm³/mol. The molecule has 1 aromatic carbocycles. The Kier molecular flexibility index (Phi) is 2.60. The third-order valence-corrected chi connectivity index (χ3v) is 2.84. The molecule has 0 fully saturated rings. The van der Waals surface area contributed by atoms with Crippen molar-refractivity contribution in [3.63, 3.8) is 0 Å². The highest BCUT2D eigenvalue weighted by molar-refractivity contribution is 6.33. The maximum absolute atomic E-state index is 11.6. The van der Waals surface area contributed by atoms with Crippen molar-refractivity contribution in [2.75, 3.05) is 11.1 Å². The highest BCUT2D eigenvalue weighted by Crippen LogP contribution is 2.23. The van der Waals surface area contributed by atoms with Crippen molar-refractivity contribution in [3.05, 3.63) is 39.6 Å². The number of anilines is 3. The van der Waals surface area contributed by atoms with E-state index in [-0.39, 0.29) is 22.7 Å². The Morgan fingerprint density at radius 1 is 1.21 bits per heavy atom. The van der Waals surface area contributed by atoms with E-state index in [9.17, 15) is 4.79 Å². The van der Waals surface area contributed by atoms with Crippen LogP contribution < -0.4 is 16.6 Å². The van der Waals surface area contributed by atoms with Gasteiger partial charge in [-0.3, -0.25) is 9.78 Å². The molecular weight excluding hydrogens is 268 g/mol. The summed E-state index contributed by atoms with van der Waals surface area (Å²) in [6, 6.07) is 7.19. The van der Waals surface area contributed by atoms with Gasteiger partial charge in [0.15, 0.2) is 11.2 Å². The van der Waals surface area contributed by atoms with Gasteiger partial charge in [0.1, 0.15) is 0 Å². The fourth-order valence-electron chi connectivity index (χ4n) is 1.67. The molecule has 0 spiro atoms. The molecule has 5 N–H and O–H groups in total. The molecule has 3 aromatic rings. The minimum Gasteiger partial charge on any atom is -0.369 e. The van der Waals surface area contributed by atoms with Gasteiger partial charge < -0.3 is 16.0 Å². The van der Waals surface area contributed by atoms with Crippen LogP contribution in [-0.4, -0.2) is 19.9 Å². The average molecular weight is 277 g/mol. The van der Waals surface area contributed by atoms with E-state index < -0.39 is 0 Å². The number of imidazole rings is 1. The number of hydrogen-bond donors (Lipinski definition) is 4. The third kappa shape index (κ3) is 2.11. The van der Waals surface area contributed by atoms with Crippen LogP contribution in [0.4, 0.5) is 17.6 Å². The number of aromatic nitrogens is 4. The van der Waals surface area contributed by atoms with Gasteiger partial charge in [-0.1, -0.05) is 23.7 Å². The zero-order chi connectivity index (χ0) is 13.4. The second-order valence-corrected chi connectivity index (χ2v) is 4.25. The first kappa shape index (κ1) is 11.5. The highest BCUT2D eigenvalue weighted by atomic mass is 35.5. The summed E-state index contributed by atoms with van der Waals surface area (Å²) in [4.78, 5) is 24.9. The van der Waals surface area contributed by atoms with Crippen LogP contribution in [-0.2, 0) is 0 Å². The Morgan fingerprint density at radius 3 is 2.79 bits per heavy atom. The molecule has 0 aliphatic rings. The largest absolute Gasteiger partial charge is 0.369 e. The molecule has 19 heavy (non-hydrogen) atoms. The molecule has 8 heteroatoms. The summed E-state index contributed by atoms with van der Waals surface area (Å²) >= 11 is 6.02. The average Bonchev–Trinajstić information content (AvgIpc) is 2.75. The minimum atomic E-state index is -0.373. The van der Waals surface area contributed by atoms with Crippen molar-refractivity contribution in [2.24, 2.45) is 0 Å². The number of halogens is 1. The quantitative estimate of drug-likeness (QED) is 0.568. The fourth-order valence-corrected chi connectivity index (χ4v) is 1.86. The summed E-state index contributed by atoms with van der Waals surface area (Å²) in [6.45, 7) is 0. The van der Waals surface area contributed by atoms with Crippen LogP contribution in [0.1, 0.15) is 0 Å². The molecule has 0 amide bonds. The van der Waals surface area contributed by atoms with Gasteiger partial charge in [0.25, 0.3) is 5.56 Å². The van der Waals surface area contributed by atoms with Crippen LogP contribution in [0.15, 0.2) is 29.1 Å². The molecule has 0 unspecified atom stereocenters. The van der Waals surface area contributed by atoms with Gasteiger partial charge in [-0.25, -0.2) is 0 Å². The predicted octanol–water partition coefficient (Wildman–Crippen LogP) is 1.63. The first-order valence-corrected chi connectivity index (χ1v) is 5.78. The van der Waals surface area contributed by atoms with Gasteiger partial charge in [0.05, 0.1) is 10.7 Å². The molecule has 7 nitrogen and oxygen atoms in total. The van der Waals surface area contributed by atoms with Crippen LogP contribution in [0, 0.1) is 0 Å². The van der Waals surface area contributed by atoms with Crippen molar-refractivity contribution in [3.8, 4) is 0 Å². The van der Waals surface area contributed by atoms with E-state index in [1.807, 2.05) is 12.1 Å². The first-order chi connectivity index (χ1) is 9.13. The Hall–Kier alpha value is -2.54. The first-order valence-electron chi connectivity index (χ1n) is 5.40. The summed E-state index contributed by atoms with van der Waals surface area (Å²) in [7, 11) is 0. The number of H-pyrrole nitrogens is 2. The molecule has 0 aliphatic carbocycles. The monoisotopic (exact) mass is 276 g/mol. The topological polar surface area (TPSA) is 112 Å². The minimum absolute atomic E-state index is 0.0216. The maximum atomic E-state index is 11.6. The van der Waals surface area contributed by atoms with E-state index in [1.54, 1.807) is 12.1 Å². The zero-order valence-corrected chi connectivity index (χ0v) is 10.3. The molecule has 0 radical (unpaired) electrons. The number of para-hydroxylation sites is 1. The van der Waals surface area contributed by atoms with Crippen molar-refractivity contribution in [1.82, 2.24) is 19.9 Å². The molecular formula is C11H9ClN6O. The van der Waals surface area contributed by atoms with Gasteiger partial charge in [-0.15, -0.1) is 0 Å². The van der Waals surface area contributed by atoms with E-state index in [1.165, 1.54) is 0 Å². The summed E-state index contributed by atoms with van der Waals surface area (Å²) in [5.74, 6) is 0.389. The van der Waals surface area contributed by atoms with E-state index in [0.717, 1.165) is 0 Å². The summed E-state index contributed by atoms with van der Waals surface area (Å²) in [5.41, 5.74) is 6.25. The maximum Gasteiger partial charge on any atom is 0.278 e. The standard InChI is InChI=1S/C11H9ClN6O/c12-5-3-1-2-4-6(5)14-11-15-7-8(17-11)16-10(13)18-9(7)19/h1-4H,(H5,13,14,15,16,17,18,19). The second kappa shape index (κ2) is 4.29. The lowest BCUT2D eigenvalue weighted by Gasteiger charge is -2.03. The third-order valence-electron chi connectivity index (χ3n) is 2.51. The summed E-state index contributed by atoms with van der Waals surface area (Å²) in [6.07, 6.45) is 0. The second-order valence-electron chi connectivity index (χ2n) is 3.84. The number of nitrogen functional groups attached to an aromatic ring is 1. The van der Waals surface area contributed by atoms with E-state index in [0.29, 0.717) is 16.7 Å². The number of aromatic amines is 2.